The van der Waals surface area contributed by atoms with Crippen molar-refractivity contribution >= 4 is 30.1 Å². The molecule has 1 rings (SSSR count). The van der Waals surface area contributed by atoms with Crippen molar-refractivity contribution in [1.82, 2.24) is 5.32 Å². The summed E-state index contributed by atoms with van der Waals surface area (Å²) in [7, 11) is 0. The molecule has 0 saturated heterocycles. The SMILES string of the molecule is CC(C)CCSCC(=O)NC1(CN)CCCC1.Cl. The van der Waals surface area contributed by atoms with E-state index in [4.69, 9.17) is 5.73 Å². The van der Waals surface area contributed by atoms with Crippen LogP contribution in [0.1, 0.15) is 46.0 Å². The third-order valence-corrected chi connectivity index (χ3v) is 4.42. The average molecular weight is 295 g/mol. The van der Waals surface area contributed by atoms with Gasteiger partial charge in [-0.25, -0.2) is 0 Å². The molecule has 1 fully saturated rings. The Labute approximate surface area is 121 Å². The number of halogens is 1. The molecule has 0 bridgehead atoms. The second-order valence-electron chi connectivity index (χ2n) is 5.47. The van der Waals surface area contributed by atoms with Gasteiger partial charge in [0.25, 0.3) is 0 Å². The van der Waals surface area contributed by atoms with E-state index in [-0.39, 0.29) is 23.9 Å². The van der Waals surface area contributed by atoms with Crippen molar-refractivity contribution in [3.63, 3.8) is 0 Å². The van der Waals surface area contributed by atoms with E-state index in [2.05, 4.69) is 19.2 Å². The molecule has 108 valence electrons. The van der Waals surface area contributed by atoms with Crippen molar-refractivity contribution in [2.45, 2.75) is 51.5 Å². The molecule has 0 aromatic carbocycles. The van der Waals surface area contributed by atoms with Gasteiger partial charge in [0.2, 0.25) is 5.91 Å². The molecule has 1 amide bonds. The van der Waals surface area contributed by atoms with E-state index in [9.17, 15) is 4.79 Å². The van der Waals surface area contributed by atoms with E-state index in [0.717, 1.165) is 24.5 Å². The predicted molar refractivity (Wildman–Crippen MR) is 82.4 cm³/mol. The molecule has 0 atom stereocenters. The minimum absolute atomic E-state index is 0. The molecule has 0 spiro atoms. The zero-order valence-corrected chi connectivity index (χ0v) is 13.2. The molecular formula is C13H27ClN2OS. The van der Waals surface area contributed by atoms with Crippen molar-refractivity contribution < 1.29 is 4.79 Å². The first-order valence-electron chi connectivity index (χ1n) is 6.67. The number of hydrogen-bond donors (Lipinski definition) is 2. The summed E-state index contributed by atoms with van der Waals surface area (Å²) in [5.74, 6) is 2.52. The lowest BCUT2D eigenvalue weighted by atomic mass is 9.98. The molecule has 5 heteroatoms. The maximum absolute atomic E-state index is 11.8. The second-order valence-corrected chi connectivity index (χ2v) is 6.58. The Bertz CT molecular complexity index is 243. The normalized spacial score (nSPS) is 17.6. The summed E-state index contributed by atoms with van der Waals surface area (Å²) in [4.78, 5) is 11.8. The molecule has 0 unspecified atom stereocenters. The summed E-state index contributed by atoms with van der Waals surface area (Å²) in [6.07, 6.45) is 5.66. The molecule has 0 aromatic rings. The zero-order valence-electron chi connectivity index (χ0n) is 11.5. The Balaban J connectivity index is 0.00000289. The van der Waals surface area contributed by atoms with E-state index in [1.807, 2.05) is 0 Å². The fraction of sp³-hybridized carbons (Fsp3) is 0.923. The van der Waals surface area contributed by atoms with Crippen LogP contribution in [0.15, 0.2) is 0 Å². The minimum atomic E-state index is -0.0876. The van der Waals surface area contributed by atoms with Gasteiger partial charge >= 0.3 is 0 Å². The molecule has 0 heterocycles. The van der Waals surface area contributed by atoms with Crippen LogP contribution in [0, 0.1) is 5.92 Å². The fourth-order valence-corrected chi connectivity index (χ4v) is 3.29. The number of amides is 1. The molecule has 0 radical (unpaired) electrons. The standard InChI is InChI=1S/C13H26N2OS.ClH/c1-11(2)5-8-17-9-12(16)15-13(10-14)6-3-4-7-13;/h11H,3-10,14H2,1-2H3,(H,15,16);1H. The van der Waals surface area contributed by atoms with E-state index < -0.39 is 0 Å². The molecule has 3 nitrogen and oxygen atoms in total. The van der Waals surface area contributed by atoms with Crippen molar-refractivity contribution in [2.75, 3.05) is 18.1 Å². The van der Waals surface area contributed by atoms with Gasteiger partial charge in [-0.3, -0.25) is 4.79 Å². The Morgan fingerprint density at radius 2 is 2.00 bits per heavy atom. The van der Waals surface area contributed by atoms with Gasteiger partial charge in [0.15, 0.2) is 0 Å². The van der Waals surface area contributed by atoms with Crippen LogP contribution in [0.5, 0.6) is 0 Å². The molecule has 1 saturated carbocycles. The van der Waals surface area contributed by atoms with Crippen LogP contribution in [0.3, 0.4) is 0 Å². The molecular weight excluding hydrogens is 268 g/mol. The van der Waals surface area contributed by atoms with E-state index in [1.54, 1.807) is 11.8 Å². The van der Waals surface area contributed by atoms with Crippen molar-refractivity contribution in [1.29, 1.82) is 0 Å². The highest BCUT2D eigenvalue weighted by atomic mass is 35.5. The van der Waals surface area contributed by atoms with Gasteiger partial charge in [-0.1, -0.05) is 26.7 Å². The van der Waals surface area contributed by atoms with Crippen LogP contribution in [-0.4, -0.2) is 29.5 Å². The van der Waals surface area contributed by atoms with Crippen molar-refractivity contribution in [3.05, 3.63) is 0 Å². The fourth-order valence-electron chi connectivity index (χ4n) is 2.25. The Kier molecular flexibility index (Phi) is 9.09. The maximum Gasteiger partial charge on any atom is 0.230 e. The summed E-state index contributed by atoms with van der Waals surface area (Å²) >= 11 is 1.73. The third-order valence-electron chi connectivity index (χ3n) is 3.43. The van der Waals surface area contributed by atoms with E-state index in [0.29, 0.717) is 12.3 Å². The van der Waals surface area contributed by atoms with Crippen LogP contribution < -0.4 is 11.1 Å². The van der Waals surface area contributed by atoms with Gasteiger partial charge in [0.1, 0.15) is 0 Å². The first kappa shape index (κ1) is 18.1. The number of carbonyl (C=O) groups is 1. The predicted octanol–water partition coefficient (Wildman–Crippen LogP) is 2.58. The smallest absolute Gasteiger partial charge is 0.230 e. The summed E-state index contributed by atoms with van der Waals surface area (Å²) in [5.41, 5.74) is 5.70. The van der Waals surface area contributed by atoms with Gasteiger partial charge in [0.05, 0.1) is 11.3 Å². The lowest BCUT2D eigenvalue weighted by molar-refractivity contribution is -0.120. The van der Waals surface area contributed by atoms with Crippen LogP contribution in [0.4, 0.5) is 0 Å². The monoisotopic (exact) mass is 294 g/mol. The highest BCUT2D eigenvalue weighted by molar-refractivity contribution is 7.99. The average Bonchev–Trinajstić information content (AvgIpc) is 2.73. The number of nitrogens with two attached hydrogens (primary N) is 1. The highest BCUT2D eigenvalue weighted by Crippen LogP contribution is 2.28. The van der Waals surface area contributed by atoms with Crippen LogP contribution >= 0.6 is 24.2 Å². The third kappa shape index (κ3) is 6.30. The quantitative estimate of drug-likeness (QED) is 0.710. The van der Waals surface area contributed by atoms with Gasteiger partial charge in [0, 0.05) is 6.54 Å². The Morgan fingerprint density at radius 1 is 1.39 bits per heavy atom. The van der Waals surface area contributed by atoms with Gasteiger partial charge in [-0.15, -0.1) is 12.4 Å². The first-order chi connectivity index (χ1) is 8.08. The van der Waals surface area contributed by atoms with E-state index in [1.165, 1.54) is 19.3 Å². The van der Waals surface area contributed by atoms with Crippen LogP contribution in [0.2, 0.25) is 0 Å². The van der Waals surface area contributed by atoms with Gasteiger partial charge in [-0.2, -0.15) is 11.8 Å². The number of rotatable bonds is 7. The molecule has 3 N–H and O–H groups in total. The Morgan fingerprint density at radius 3 is 2.50 bits per heavy atom. The number of hydrogen-bond acceptors (Lipinski definition) is 3. The maximum atomic E-state index is 11.8. The number of thioether (sulfide) groups is 1. The lowest BCUT2D eigenvalue weighted by Gasteiger charge is -2.28. The van der Waals surface area contributed by atoms with Gasteiger partial charge in [-0.05, 0) is 30.9 Å². The Hall–Kier alpha value is 0.0700. The zero-order chi connectivity index (χ0) is 12.7. The summed E-state index contributed by atoms with van der Waals surface area (Å²) in [6, 6.07) is 0. The van der Waals surface area contributed by atoms with Gasteiger partial charge < -0.3 is 11.1 Å². The molecule has 1 aliphatic rings. The summed E-state index contributed by atoms with van der Waals surface area (Å²) in [6.45, 7) is 5.00. The van der Waals surface area contributed by atoms with Crippen molar-refractivity contribution in [3.8, 4) is 0 Å². The van der Waals surface area contributed by atoms with Crippen molar-refractivity contribution in [2.24, 2.45) is 11.7 Å². The lowest BCUT2D eigenvalue weighted by Crippen LogP contribution is -2.52. The summed E-state index contributed by atoms with van der Waals surface area (Å²) < 4.78 is 0. The topological polar surface area (TPSA) is 55.1 Å². The minimum Gasteiger partial charge on any atom is -0.349 e. The molecule has 1 aliphatic carbocycles. The number of carbonyl (C=O) groups excluding carboxylic acids is 1. The molecule has 18 heavy (non-hydrogen) atoms. The van der Waals surface area contributed by atoms with Crippen LogP contribution in [0.25, 0.3) is 0 Å². The molecule has 0 aromatic heterocycles. The summed E-state index contributed by atoms with van der Waals surface area (Å²) in [5, 5.41) is 3.15. The largest absolute Gasteiger partial charge is 0.349 e. The number of nitrogens with one attached hydrogen (secondary N) is 1. The van der Waals surface area contributed by atoms with E-state index >= 15 is 0 Å². The second kappa shape index (κ2) is 9.05. The molecule has 0 aliphatic heterocycles. The first-order valence-corrected chi connectivity index (χ1v) is 7.82. The highest BCUT2D eigenvalue weighted by Gasteiger charge is 2.33. The van der Waals surface area contributed by atoms with Crippen LogP contribution in [-0.2, 0) is 4.79 Å².